The number of amides is 2. The first-order valence-corrected chi connectivity index (χ1v) is 10.2. The summed E-state index contributed by atoms with van der Waals surface area (Å²) >= 11 is 0. The number of ketones is 1. The second kappa shape index (κ2) is 8.28. The second-order valence-corrected chi connectivity index (χ2v) is 7.95. The number of benzene rings is 2. The summed E-state index contributed by atoms with van der Waals surface area (Å²) in [4.78, 5) is 37.4. The van der Waals surface area contributed by atoms with E-state index in [2.05, 4.69) is 10.6 Å². The Kier molecular flexibility index (Phi) is 5.50. The fraction of sp³-hybridized carbons (Fsp3) is 0.160. The van der Waals surface area contributed by atoms with Gasteiger partial charge in [-0.05, 0) is 44.2 Å². The number of hydrogen-bond acceptors (Lipinski definition) is 5. The minimum absolute atomic E-state index is 0.0829. The smallest absolute Gasteiger partial charge is 0.256 e. The van der Waals surface area contributed by atoms with Crippen molar-refractivity contribution < 1.29 is 14.4 Å². The Morgan fingerprint density at radius 2 is 1.84 bits per heavy atom. The van der Waals surface area contributed by atoms with Gasteiger partial charge in [0, 0.05) is 39.9 Å². The van der Waals surface area contributed by atoms with Crippen LogP contribution in [0.15, 0.2) is 71.8 Å². The maximum atomic E-state index is 12.8. The normalized spacial score (nSPS) is 20.8. The minimum Gasteiger partial charge on any atom is -0.397 e. The van der Waals surface area contributed by atoms with Crippen molar-refractivity contribution in [1.82, 2.24) is 0 Å². The van der Waals surface area contributed by atoms with Crippen molar-refractivity contribution in [3.8, 4) is 0 Å². The van der Waals surface area contributed by atoms with Crippen LogP contribution in [0.1, 0.15) is 29.8 Å². The zero-order valence-corrected chi connectivity index (χ0v) is 17.8. The molecule has 0 spiro atoms. The summed E-state index contributed by atoms with van der Waals surface area (Å²) in [5, 5.41) is 5.65. The quantitative estimate of drug-likeness (QED) is 0.338. The van der Waals surface area contributed by atoms with Gasteiger partial charge in [-0.15, -0.1) is 0 Å². The number of Topliss-reactive ketones (excluding diaryl/α,β-unsaturated/α-hetero) is 1. The summed E-state index contributed by atoms with van der Waals surface area (Å²) in [5.41, 5.74) is 16.7. The Morgan fingerprint density at radius 3 is 2.56 bits per heavy atom. The van der Waals surface area contributed by atoms with Crippen molar-refractivity contribution in [2.24, 2.45) is 11.7 Å². The molecule has 2 atom stereocenters. The summed E-state index contributed by atoms with van der Waals surface area (Å²) < 4.78 is 0. The molecule has 2 aromatic carbocycles. The average molecular weight is 428 g/mol. The largest absolute Gasteiger partial charge is 0.397 e. The summed E-state index contributed by atoms with van der Waals surface area (Å²) in [6.07, 6.45) is 5.18. The highest BCUT2D eigenvalue weighted by atomic mass is 16.2. The van der Waals surface area contributed by atoms with E-state index in [0.717, 1.165) is 5.57 Å². The number of carbonyl (C=O) groups is 3. The average Bonchev–Trinajstić information content (AvgIpc) is 3.09. The fourth-order valence-corrected chi connectivity index (χ4v) is 4.01. The van der Waals surface area contributed by atoms with E-state index < -0.39 is 6.04 Å². The fourth-order valence-electron chi connectivity index (χ4n) is 4.01. The third kappa shape index (κ3) is 3.86. The SMILES string of the molecule is CC(=O)c1ccc2c(c1)/C(=C(\C)C1C=C(C(=O)Nc3ccccc3N)C=CC1N)C(=O)N2. The van der Waals surface area contributed by atoms with E-state index >= 15 is 0 Å². The van der Waals surface area contributed by atoms with E-state index in [-0.39, 0.29) is 23.5 Å². The highest BCUT2D eigenvalue weighted by molar-refractivity contribution is 6.32. The number of fused-ring (bicyclic) bond motifs is 1. The van der Waals surface area contributed by atoms with Crippen LogP contribution < -0.4 is 22.1 Å². The predicted octanol–water partition coefficient (Wildman–Crippen LogP) is 3.28. The Bertz CT molecular complexity index is 1240. The lowest BCUT2D eigenvalue weighted by atomic mass is 9.82. The van der Waals surface area contributed by atoms with Crippen LogP contribution in [0.3, 0.4) is 0 Å². The molecule has 162 valence electrons. The number of nitrogen functional groups attached to an aromatic ring is 1. The van der Waals surface area contributed by atoms with Crippen molar-refractivity contribution in [2.75, 3.05) is 16.4 Å². The Balaban J connectivity index is 1.70. The monoisotopic (exact) mass is 428 g/mol. The van der Waals surface area contributed by atoms with Crippen LogP contribution in [-0.4, -0.2) is 23.6 Å². The molecule has 0 aromatic heterocycles. The van der Waals surface area contributed by atoms with Crippen LogP contribution in [-0.2, 0) is 9.59 Å². The van der Waals surface area contributed by atoms with Gasteiger partial charge in [-0.1, -0.05) is 35.9 Å². The lowest BCUT2D eigenvalue weighted by molar-refractivity contribution is -0.112. The van der Waals surface area contributed by atoms with Crippen molar-refractivity contribution >= 4 is 40.2 Å². The molecule has 2 amide bonds. The van der Waals surface area contributed by atoms with Crippen molar-refractivity contribution in [1.29, 1.82) is 0 Å². The summed E-state index contributed by atoms with van der Waals surface area (Å²) in [6, 6.07) is 11.7. The summed E-state index contributed by atoms with van der Waals surface area (Å²) in [5.74, 6) is -1.03. The molecular weight excluding hydrogens is 404 g/mol. The Morgan fingerprint density at radius 1 is 1.09 bits per heavy atom. The van der Waals surface area contributed by atoms with Crippen molar-refractivity contribution in [3.63, 3.8) is 0 Å². The maximum absolute atomic E-state index is 12.8. The summed E-state index contributed by atoms with van der Waals surface area (Å²) in [7, 11) is 0. The number of anilines is 3. The van der Waals surface area contributed by atoms with Gasteiger partial charge in [-0.2, -0.15) is 0 Å². The van der Waals surface area contributed by atoms with Crippen molar-refractivity contribution in [3.05, 3.63) is 83.0 Å². The summed E-state index contributed by atoms with van der Waals surface area (Å²) in [6.45, 7) is 3.31. The molecule has 2 unspecified atom stereocenters. The molecular formula is C25H24N4O3. The van der Waals surface area contributed by atoms with Gasteiger partial charge in [-0.25, -0.2) is 0 Å². The van der Waals surface area contributed by atoms with Crippen LogP contribution in [0.25, 0.3) is 5.57 Å². The molecule has 1 aliphatic heterocycles. The molecule has 2 aliphatic rings. The molecule has 0 fully saturated rings. The number of carbonyl (C=O) groups excluding carboxylic acids is 3. The standard InChI is InChI=1S/C25H24N4O3/c1-13(23-18-11-15(14(2)30)8-10-21(18)28-25(23)32)17-12-16(7-9-19(17)26)24(31)29-22-6-4-3-5-20(22)27/h3-12,17,19H,26-27H2,1-2H3,(H,28,32)(H,29,31)/b23-13-. The molecule has 7 nitrogen and oxygen atoms in total. The lowest BCUT2D eigenvalue weighted by Gasteiger charge is -2.25. The van der Waals surface area contributed by atoms with Gasteiger partial charge in [0.25, 0.3) is 11.8 Å². The highest BCUT2D eigenvalue weighted by Crippen LogP contribution is 2.38. The number of nitrogens with two attached hydrogens (primary N) is 2. The Hall–Kier alpha value is -3.97. The molecule has 32 heavy (non-hydrogen) atoms. The first-order chi connectivity index (χ1) is 15.3. The predicted molar refractivity (Wildman–Crippen MR) is 126 cm³/mol. The van der Waals surface area contributed by atoms with E-state index in [0.29, 0.717) is 39.3 Å². The molecule has 2 aromatic rings. The highest BCUT2D eigenvalue weighted by Gasteiger charge is 2.31. The Labute approximate surface area is 185 Å². The van der Waals surface area contributed by atoms with Gasteiger partial charge < -0.3 is 22.1 Å². The van der Waals surface area contributed by atoms with E-state index in [1.807, 2.05) is 6.92 Å². The molecule has 0 saturated carbocycles. The van der Waals surface area contributed by atoms with E-state index in [1.54, 1.807) is 60.7 Å². The molecule has 0 saturated heterocycles. The van der Waals surface area contributed by atoms with Crippen LogP contribution >= 0.6 is 0 Å². The third-order valence-corrected chi connectivity index (χ3v) is 5.81. The molecule has 6 N–H and O–H groups in total. The zero-order chi connectivity index (χ0) is 23.0. The zero-order valence-electron chi connectivity index (χ0n) is 17.8. The van der Waals surface area contributed by atoms with Crippen LogP contribution in [0.4, 0.5) is 17.1 Å². The number of rotatable bonds is 4. The third-order valence-electron chi connectivity index (χ3n) is 5.81. The van der Waals surface area contributed by atoms with E-state index in [9.17, 15) is 14.4 Å². The number of hydrogen-bond donors (Lipinski definition) is 4. The van der Waals surface area contributed by atoms with Gasteiger partial charge in [0.1, 0.15) is 0 Å². The lowest BCUT2D eigenvalue weighted by Crippen LogP contribution is -2.32. The van der Waals surface area contributed by atoms with Crippen LogP contribution in [0.5, 0.6) is 0 Å². The van der Waals surface area contributed by atoms with Gasteiger partial charge in [0.2, 0.25) is 0 Å². The topological polar surface area (TPSA) is 127 Å². The second-order valence-electron chi connectivity index (χ2n) is 7.95. The van der Waals surface area contributed by atoms with Gasteiger partial charge >= 0.3 is 0 Å². The molecule has 1 aliphatic carbocycles. The van der Waals surface area contributed by atoms with E-state index in [4.69, 9.17) is 11.5 Å². The van der Waals surface area contributed by atoms with Crippen molar-refractivity contribution in [2.45, 2.75) is 19.9 Å². The van der Waals surface area contributed by atoms with Crippen LogP contribution in [0.2, 0.25) is 0 Å². The van der Waals surface area contributed by atoms with Crippen LogP contribution in [0, 0.1) is 5.92 Å². The number of para-hydroxylation sites is 2. The maximum Gasteiger partial charge on any atom is 0.256 e. The van der Waals surface area contributed by atoms with Gasteiger partial charge in [-0.3, -0.25) is 14.4 Å². The molecule has 0 bridgehead atoms. The molecule has 0 radical (unpaired) electrons. The minimum atomic E-state index is -0.409. The first kappa shape index (κ1) is 21.3. The number of nitrogens with one attached hydrogen (secondary N) is 2. The first-order valence-electron chi connectivity index (χ1n) is 10.2. The molecule has 1 heterocycles. The molecule has 7 heteroatoms. The van der Waals surface area contributed by atoms with E-state index in [1.165, 1.54) is 6.92 Å². The van der Waals surface area contributed by atoms with Gasteiger partial charge in [0.05, 0.1) is 11.4 Å². The van der Waals surface area contributed by atoms with Gasteiger partial charge in [0.15, 0.2) is 5.78 Å². The molecule has 4 rings (SSSR count).